The van der Waals surface area contributed by atoms with Gasteiger partial charge in [-0.15, -0.1) is 0 Å². The first-order chi connectivity index (χ1) is 15.0. The van der Waals surface area contributed by atoms with E-state index >= 15 is 0 Å². The van der Waals surface area contributed by atoms with E-state index in [4.69, 9.17) is 16.0 Å². The number of nitrogens with one attached hydrogen (secondary N) is 1. The summed E-state index contributed by atoms with van der Waals surface area (Å²) in [6, 6.07) is 21.2. The first-order valence-corrected chi connectivity index (χ1v) is 11.9. The monoisotopic (exact) mass is 467 g/mol. The lowest BCUT2D eigenvalue weighted by atomic mass is 10.2. The second-order valence-electron chi connectivity index (χ2n) is 6.66. The predicted molar refractivity (Wildman–Crippen MR) is 123 cm³/mol. The summed E-state index contributed by atoms with van der Waals surface area (Å²) in [4.78, 5) is 8.72. The van der Waals surface area contributed by atoms with Crippen molar-refractivity contribution in [1.29, 1.82) is 0 Å². The van der Waals surface area contributed by atoms with Gasteiger partial charge in [0, 0.05) is 16.1 Å². The fraction of sp³-hybridized carbons (Fsp3) is 0. The van der Waals surface area contributed by atoms with Crippen LogP contribution in [-0.4, -0.2) is 18.4 Å². The van der Waals surface area contributed by atoms with Crippen molar-refractivity contribution < 1.29 is 12.8 Å². The van der Waals surface area contributed by atoms with Crippen molar-refractivity contribution in [3.05, 3.63) is 84.0 Å². The van der Waals surface area contributed by atoms with Gasteiger partial charge in [0.25, 0.3) is 10.0 Å². The minimum Gasteiger partial charge on any atom is -0.436 e. The Kier molecular flexibility index (Phi) is 4.97. The van der Waals surface area contributed by atoms with E-state index in [0.29, 0.717) is 27.8 Å². The third-order valence-electron chi connectivity index (χ3n) is 4.55. The molecular weight excluding hydrogens is 454 g/mol. The zero-order valence-electron chi connectivity index (χ0n) is 15.8. The number of aromatic nitrogens is 2. The van der Waals surface area contributed by atoms with Crippen molar-refractivity contribution in [2.75, 3.05) is 4.72 Å². The first-order valence-electron chi connectivity index (χ1n) is 9.18. The molecule has 0 aliphatic heterocycles. The fourth-order valence-electron chi connectivity index (χ4n) is 3.04. The van der Waals surface area contributed by atoms with Gasteiger partial charge in [0.1, 0.15) is 0 Å². The van der Waals surface area contributed by atoms with Crippen molar-refractivity contribution in [2.45, 2.75) is 4.90 Å². The molecule has 2 aromatic heterocycles. The lowest BCUT2D eigenvalue weighted by molar-refractivity contribution is 0.588. The van der Waals surface area contributed by atoms with Crippen LogP contribution in [0, 0.1) is 0 Å². The summed E-state index contributed by atoms with van der Waals surface area (Å²) in [6.45, 7) is 0. The summed E-state index contributed by atoms with van der Waals surface area (Å²) >= 11 is 7.21. The minimum atomic E-state index is -3.79. The number of halogens is 1. The topological polar surface area (TPSA) is 85.1 Å². The van der Waals surface area contributed by atoms with Gasteiger partial charge in [-0.2, -0.15) is 0 Å². The van der Waals surface area contributed by atoms with Crippen LogP contribution in [0.4, 0.5) is 5.13 Å². The highest BCUT2D eigenvalue weighted by Crippen LogP contribution is 2.30. The smallest absolute Gasteiger partial charge is 0.263 e. The molecule has 0 unspecified atom stereocenters. The molecule has 0 aliphatic carbocycles. The molecule has 1 N–H and O–H groups in total. The quantitative estimate of drug-likeness (QED) is 0.339. The molecule has 154 valence electrons. The van der Waals surface area contributed by atoms with E-state index in [9.17, 15) is 8.42 Å². The Morgan fingerprint density at radius 3 is 2.48 bits per heavy atom. The molecule has 0 saturated carbocycles. The minimum absolute atomic E-state index is 0.114. The van der Waals surface area contributed by atoms with Gasteiger partial charge < -0.3 is 4.42 Å². The Hall–Kier alpha value is -3.20. The third kappa shape index (κ3) is 4.05. The first kappa shape index (κ1) is 19.7. The van der Waals surface area contributed by atoms with E-state index in [0.717, 1.165) is 10.3 Å². The lowest BCUT2D eigenvalue weighted by Crippen LogP contribution is -2.12. The number of thiazole rings is 1. The number of oxazole rings is 1. The molecule has 5 aromatic rings. The Morgan fingerprint density at radius 1 is 0.935 bits per heavy atom. The van der Waals surface area contributed by atoms with Crippen molar-refractivity contribution in [3.63, 3.8) is 0 Å². The largest absolute Gasteiger partial charge is 0.436 e. The Labute approximate surface area is 187 Å². The van der Waals surface area contributed by atoms with Crippen molar-refractivity contribution in [2.24, 2.45) is 0 Å². The molecule has 0 atom stereocenters. The standard InChI is InChI=1S/C22H14ClN3O3S2/c23-16-8-11-18-20(12-16)30-22(25-18)26-31(27,28)17-9-6-15(7-10-17)21-24-13-19(29-21)14-4-2-1-3-5-14/h1-13H,(H,25,26). The summed E-state index contributed by atoms with van der Waals surface area (Å²) in [7, 11) is -3.79. The van der Waals surface area contributed by atoms with Crippen LogP contribution in [0.1, 0.15) is 0 Å². The van der Waals surface area contributed by atoms with Crippen LogP contribution in [0.25, 0.3) is 33.0 Å². The molecule has 31 heavy (non-hydrogen) atoms. The average Bonchev–Trinajstić information content (AvgIpc) is 3.41. The molecule has 5 rings (SSSR count). The molecule has 0 saturated heterocycles. The molecule has 2 heterocycles. The van der Waals surface area contributed by atoms with Crippen LogP contribution >= 0.6 is 22.9 Å². The highest BCUT2D eigenvalue weighted by molar-refractivity contribution is 7.93. The molecule has 0 fully saturated rings. The van der Waals surface area contributed by atoms with E-state index in [1.807, 2.05) is 30.3 Å². The van der Waals surface area contributed by atoms with E-state index in [2.05, 4.69) is 14.7 Å². The zero-order chi connectivity index (χ0) is 21.4. The number of rotatable bonds is 5. The summed E-state index contributed by atoms with van der Waals surface area (Å²) < 4.78 is 34.7. The van der Waals surface area contributed by atoms with E-state index in [-0.39, 0.29) is 10.0 Å². The van der Waals surface area contributed by atoms with Gasteiger partial charge >= 0.3 is 0 Å². The number of nitrogens with zero attached hydrogens (tertiary/aromatic N) is 2. The Balaban J connectivity index is 1.38. The average molecular weight is 468 g/mol. The Bertz CT molecular complexity index is 1480. The van der Waals surface area contributed by atoms with Crippen LogP contribution in [-0.2, 0) is 10.0 Å². The fourth-order valence-corrected chi connectivity index (χ4v) is 5.41. The maximum Gasteiger partial charge on any atom is 0.263 e. The van der Waals surface area contributed by atoms with E-state index in [1.165, 1.54) is 23.5 Å². The van der Waals surface area contributed by atoms with Crippen LogP contribution in [0.3, 0.4) is 0 Å². The molecule has 3 aromatic carbocycles. The van der Waals surface area contributed by atoms with E-state index in [1.54, 1.807) is 36.5 Å². The normalized spacial score (nSPS) is 11.6. The molecule has 0 aliphatic rings. The van der Waals surface area contributed by atoms with Gasteiger partial charge in [-0.1, -0.05) is 53.3 Å². The highest BCUT2D eigenvalue weighted by Gasteiger charge is 2.18. The van der Waals surface area contributed by atoms with Crippen LogP contribution < -0.4 is 4.72 Å². The molecule has 6 nitrogen and oxygen atoms in total. The molecule has 0 radical (unpaired) electrons. The third-order valence-corrected chi connectivity index (χ3v) is 7.20. The van der Waals surface area contributed by atoms with Crippen LogP contribution in [0.15, 0.2) is 88.3 Å². The van der Waals surface area contributed by atoms with E-state index < -0.39 is 10.0 Å². The molecule has 0 bridgehead atoms. The lowest BCUT2D eigenvalue weighted by Gasteiger charge is -2.05. The molecule has 9 heteroatoms. The van der Waals surface area contributed by atoms with Gasteiger partial charge in [-0.3, -0.25) is 4.72 Å². The summed E-state index contributed by atoms with van der Waals surface area (Å²) in [5.41, 5.74) is 2.28. The molecule has 0 spiro atoms. The van der Waals surface area contributed by atoms with Crippen molar-refractivity contribution in [3.8, 4) is 22.8 Å². The number of hydrogen-bond donors (Lipinski definition) is 1. The zero-order valence-corrected chi connectivity index (χ0v) is 18.2. The van der Waals surface area contributed by atoms with Crippen LogP contribution in [0.5, 0.6) is 0 Å². The maximum absolute atomic E-state index is 12.8. The van der Waals surface area contributed by atoms with Gasteiger partial charge in [0.05, 0.1) is 21.3 Å². The summed E-state index contributed by atoms with van der Waals surface area (Å²) in [6.07, 6.45) is 1.65. The summed E-state index contributed by atoms with van der Waals surface area (Å²) in [5.74, 6) is 1.06. The second-order valence-corrected chi connectivity index (χ2v) is 9.81. The predicted octanol–water partition coefficient (Wildman–Crippen LogP) is 6.07. The van der Waals surface area contributed by atoms with Gasteiger partial charge in [0.15, 0.2) is 10.9 Å². The van der Waals surface area contributed by atoms with Crippen molar-refractivity contribution in [1.82, 2.24) is 9.97 Å². The Morgan fingerprint density at radius 2 is 1.71 bits per heavy atom. The number of hydrogen-bond acceptors (Lipinski definition) is 6. The van der Waals surface area contributed by atoms with Crippen molar-refractivity contribution >= 4 is 48.3 Å². The number of benzene rings is 3. The molecular formula is C22H14ClN3O3S2. The van der Waals surface area contributed by atoms with Crippen LogP contribution in [0.2, 0.25) is 5.02 Å². The maximum atomic E-state index is 12.8. The van der Waals surface area contributed by atoms with Gasteiger partial charge in [0.2, 0.25) is 5.89 Å². The van der Waals surface area contributed by atoms with Gasteiger partial charge in [-0.05, 0) is 42.5 Å². The molecule has 0 amide bonds. The SMILES string of the molecule is O=S(=O)(Nc1nc2ccc(Cl)cc2s1)c1ccc(-c2ncc(-c3ccccc3)o2)cc1. The highest BCUT2D eigenvalue weighted by atomic mass is 35.5. The number of fused-ring (bicyclic) bond motifs is 1. The summed E-state index contributed by atoms with van der Waals surface area (Å²) in [5, 5.41) is 0.852. The number of sulfonamides is 1. The second kappa shape index (κ2) is 7.81. The van der Waals surface area contributed by atoms with Gasteiger partial charge in [-0.25, -0.2) is 18.4 Å². The number of anilines is 1.